The molecule has 0 atom stereocenters. The summed E-state index contributed by atoms with van der Waals surface area (Å²) in [5, 5.41) is 5.03. The van der Waals surface area contributed by atoms with E-state index in [4.69, 9.17) is 9.84 Å². The second-order valence-electron chi connectivity index (χ2n) is 7.85. The van der Waals surface area contributed by atoms with Crippen molar-refractivity contribution >= 4 is 5.97 Å². The van der Waals surface area contributed by atoms with Crippen molar-refractivity contribution in [1.29, 1.82) is 0 Å². The number of nitrogens with zero attached hydrogens (tertiary/aromatic N) is 2. The third-order valence-electron chi connectivity index (χ3n) is 5.96. The van der Waals surface area contributed by atoms with Gasteiger partial charge in [0.05, 0.1) is 18.7 Å². The van der Waals surface area contributed by atoms with Crippen molar-refractivity contribution < 1.29 is 9.53 Å². The van der Waals surface area contributed by atoms with Gasteiger partial charge in [-0.05, 0) is 37.5 Å². The van der Waals surface area contributed by atoms with Gasteiger partial charge >= 0.3 is 5.97 Å². The molecular weight excluding hydrogens is 396 g/mol. The van der Waals surface area contributed by atoms with Gasteiger partial charge in [-0.15, -0.1) is 0 Å². The molecule has 3 aromatic carbocycles. The van der Waals surface area contributed by atoms with Crippen LogP contribution in [0.3, 0.4) is 0 Å². The van der Waals surface area contributed by atoms with E-state index in [9.17, 15) is 4.79 Å². The molecule has 4 aromatic rings. The van der Waals surface area contributed by atoms with Crippen molar-refractivity contribution in [3.05, 3.63) is 125 Å². The van der Waals surface area contributed by atoms with Crippen LogP contribution in [-0.4, -0.2) is 22.4 Å². The van der Waals surface area contributed by atoms with Crippen LogP contribution in [0.1, 0.15) is 40.6 Å². The van der Waals surface area contributed by atoms with Gasteiger partial charge in [-0.25, -0.2) is 4.68 Å². The number of esters is 1. The van der Waals surface area contributed by atoms with Crippen LogP contribution in [0.25, 0.3) is 0 Å². The largest absolute Gasteiger partial charge is 0.466 e. The van der Waals surface area contributed by atoms with E-state index in [1.807, 2.05) is 39.0 Å². The molecule has 0 saturated carbocycles. The Morgan fingerprint density at radius 1 is 0.812 bits per heavy atom. The molecule has 0 radical (unpaired) electrons. The lowest BCUT2D eigenvalue weighted by Gasteiger charge is -2.37. The molecule has 4 heteroatoms. The van der Waals surface area contributed by atoms with Gasteiger partial charge in [0.2, 0.25) is 0 Å². The van der Waals surface area contributed by atoms with Gasteiger partial charge in [-0.3, -0.25) is 4.79 Å². The Morgan fingerprint density at radius 2 is 1.25 bits per heavy atom. The summed E-state index contributed by atoms with van der Waals surface area (Å²) in [7, 11) is 0. The fraction of sp³-hybridized carbons (Fsp3) is 0.214. The molecule has 4 rings (SSSR count). The zero-order chi connectivity index (χ0) is 22.6. The highest BCUT2D eigenvalue weighted by Gasteiger charge is 2.41. The first-order chi connectivity index (χ1) is 15.6. The van der Waals surface area contributed by atoms with Crippen LogP contribution < -0.4 is 0 Å². The smallest absolute Gasteiger partial charge is 0.310 e. The minimum Gasteiger partial charge on any atom is -0.466 e. The monoisotopic (exact) mass is 424 g/mol. The maximum atomic E-state index is 12.3. The summed E-state index contributed by atoms with van der Waals surface area (Å²) < 4.78 is 7.31. The molecule has 0 aliphatic rings. The lowest BCUT2D eigenvalue weighted by molar-refractivity contribution is -0.142. The number of carbonyl (C=O) groups is 1. The van der Waals surface area contributed by atoms with E-state index in [1.54, 1.807) is 0 Å². The quantitative estimate of drug-likeness (QED) is 0.293. The van der Waals surface area contributed by atoms with Crippen LogP contribution >= 0.6 is 0 Å². The van der Waals surface area contributed by atoms with Crippen molar-refractivity contribution in [2.75, 3.05) is 6.61 Å². The second-order valence-corrected chi connectivity index (χ2v) is 7.85. The maximum absolute atomic E-state index is 12.3. The highest BCUT2D eigenvalue weighted by molar-refractivity contribution is 5.73. The van der Waals surface area contributed by atoms with Crippen molar-refractivity contribution in [3.63, 3.8) is 0 Å². The van der Waals surface area contributed by atoms with Crippen LogP contribution in [-0.2, 0) is 21.5 Å². The average Bonchev–Trinajstić information content (AvgIpc) is 3.10. The van der Waals surface area contributed by atoms with Crippen molar-refractivity contribution in [2.45, 2.75) is 32.7 Å². The Hall–Kier alpha value is -3.66. The molecule has 0 saturated heterocycles. The van der Waals surface area contributed by atoms with Crippen LogP contribution in [0.4, 0.5) is 0 Å². The van der Waals surface area contributed by atoms with Gasteiger partial charge in [-0.1, -0.05) is 91.0 Å². The molecular formula is C28H28N2O2. The SMILES string of the molecule is CCOC(=O)Cc1c(C)nn(C(c2ccccc2)(c2ccccc2)c2ccccc2)c1C. The van der Waals surface area contributed by atoms with Gasteiger partial charge in [0.1, 0.15) is 5.54 Å². The molecule has 0 spiro atoms. The summed E-state index contributed by atoms with van der Waals surface area (Å²) in [4.78, 5) is 12.3. The fourth-order valence-electron chi connectivity index (χ4n) is 4.52. The van der Waals surface area contributed by atoms with E-state index in [2.05, 4.69) is 77.5 Å². The molecule has 0 bridgehead atoms. The first kappa shape index (κ1) is 21.6. The number of hydrogen-bond acceptors (Lipinski definition) is 3. The van der Waals surface area contributed by atoms with Crippen molar-refractivity contribution in [2.24, 2.45) is 0 Å². The number of aromatic nitrogens is 2. The second kappa shape index (κ2) is 9.23. The normalized spacial score (nSPS) is 11.3. The molecule has 0 N–H and O–H groups in total. The topological polar surface area (TPSA) is 44.1 Å². The minimum absolute atomic E-state index is 0.208. The van der Waals surface area contributed by atoms with E-state index in [-0.39, 0.29) is 12.4 Å². The minimum atomic E-state index is -0.689. The van der Waals surface area contributed by atoms with E-state index in [0.29, 0.717) is 6.61 Å². The Morgan fingerprint density at radius 3 is 1.66 bits per heavy atom. The zero-order valence-electron chi connectivity index (χ0n) is 18.8. The molecule has 0 aliphatic carbocycles. The Balaban J connectivity index is 2.05. The first-order valence-corrected chi connectivity index (χ1v) is 11.0. The van der Waals surface area contributed by atoms with Crippen molar-refractivity contribution in [3.8, 4) is 0 Å². The van der Waals surface area contributed by atoms with Gasteiger partial charge in [-0.2, -0.15) is 5.10 Å². The Bertz CT molecular complexity index is 1090. The number of hydrogen-bond donors (Lipinski definition) is 0. The average molecular weight is 425 g/mol. The molecule has 0 unspecified atom stereocenters. The number of carbonyl (C=O) groups excluding carboxylic acids is 1. The van der Waals surface area contributed by atoms with Gasteiger partial charge < -0.3 is 4.74 Å². The molecule has 0 aliphatic heterocycles. The fourth-order valence-corrected chi connectivity index (χ4v) is 4.52. The number of benzene rings is 3. The van der Waals surface area contributed by atoms with Gasteiger partial charge in [0.25, 0.3) is 0 Å². The third-order valence-corrected chi connectivity index (χ3v) is 5.96. The maximum Gasteiger partial charge on any atom is 0.310 e. The lowest BCUT2D eigenvalue weighted by atomic mass is 9.77. The molecule has 0 fully saturated rings. The van der Waals surface area contributed by atoms with Crippen LogP contribution in [0.15, 0.2) is 91.0 Å². The van der Waals surface area contributed by atoms with Gasteiger partial charge in [0, 0.05) is 11.3 Å². The highest BCUT2D eigenvalue weighted by Crippen LogP contribution is 2.41. The molecule has 32 heavy (non-hydrogen) atoms. The molecule has 162 valence electrons. The summed E-state index contributed by atoms with van der Waals surface area (Å²) in [6.07, 6.45) is 0.208. The number of ether oxygens (including phenoxy) is 1. The van der Waals surface area contributed by atoms with E-state index >= 15 is 0 Å². The summed E-state index contributed by atoms with van der Waals surface area (Å²) in [6.45, 7) is 6.20. The predicted molar refractivity (Wildman–Crippen MR) is 127 cm³/mol. The lowest BCUT2D eigenvalue weighted by Crippen LogP contribution is -2.39. The summed E-state index contributed by atoms with van der Waals surface area (Å²) in [6, 6.07) is 31.3. The summed E-state index contributed by atoms with van der Waals surface area (Å²) in [5.41, 5.74) is 5.32. The van der Waals surface area contributed by atoms with E-state index in [1.165, 1.54) is 0 Å². The summed E-state index contributed by atoms with van der Waals surface area (Å²) >= 11 is 0. The van der Waals surface area contributed by atoms with Gasteiger partial charge in [0.15, 0.2) is 0 Å². The first-order valence-electron chi connectivity index (χ1n) is 11.0. The molecule has 1 heterocycles. The predicted octanol–water partition coefficient (Wildman–Crippen LogP) is 5.45. The van der Waals surface area contributed by atoms with E-state index in [0.717, 1.165) is 33.6 Å². The van der Waals surface area contributed by atoms with Crippen LogP contribution in [0.5, 0.6) is 0 Å². The summed E-state index contributed by atoms with van der Waals surface area (Å²) in [5.74, 6) is -0.233. The van der Waals surface area contributed by atoms with Crippen LogP contribution in [0.2, 0.25) is 0 Å². The molecule has 1 aromatic heterocycles. The molecule has 0 amide bonds. The van der Waals surface area contributed by atoms with E-state index < -0.39 is 5.54 Å². The van der Waals surface area contributed by atoms with Crippen molar-refractivity contribution in [1.82, 2.24) is 9.78 Å². The van der Waals surface area contributed by atoms with Crippen LogP contribution in [0, 0.1) is 13.8 Å². The third kappa shape index (κ3) is 3.73. The number of aryl methyl sites for hydroxylation is 1. The standard InChI is InChI=1S/C28H28N2O2/c1-4-32-27(31)20-26-21(2)29-30(22(26)3)28(23-14-8-5-9-15-23,24-16-10-6-11-17-24)25-18-12-7-13-19-25/h5-19H,4,20H2,1-3H3. The molecule has 4 nitrogen and oxygen atoms in total. The highest BCUT2D eigenvalue weighted by atomic mass is 16.5. The Kier molecular flexibility index (Phi) is 6.22. The number of rotatable bonds is 7. The zero-order valence-corrected chi connectivity index (χ0v) is 18.8. The Labute approximate surface area is 189 Å².